The van der Waals surface area contributed by atoms with E-state index in [-0.39, 0.29) is 11.6 Å². The Bertz CT molecular complexity index is 643. The maximum Gasteiger partial charge on any atom is 0.419 e. The summed E-state index contributed by atoms with van der Waals surface area (Å²) in [6, 6.07) is 3.40. The number of rotatable bonds is 1. The Morgan fingerprint density at radius 1 is 1.41 bits per heavy atom. The molecule has 0 bridgehead atoms. The first kappa shape index (κ1) is 10.3. The van der Waals surface area contributed by atoms with Gasteiger partial charge in [-0.1, -0.05) is 11.6 Å². The van der Waals surface area contributed by atoms with Gasteiger partial charge in [-0.05, 0) is 17.7 Å². The van der Waals surface area contributed by atoms with Gasteiger partial charge >= 0.3 is 5.76 Å². The predicted molar refractivity (Wildman–Crippen MR) is 60.6 cm³/mol. The number of ether oxygens (including phenoxy) is 1. The number of aromatic nitrogens is 1. The van der Waals surface area contributed by atoms with Crippen molar-refractivity contribution in [1.29, 1.82) is 0 Å². The molecule has 0 atom stereocenters. The Hall–Kier alpha value is -1.88. The van der Waals surface area contributed by atoms with Gasteiger partial charge in [-0.15, -0.1) is 0 Å². The minimum Gasteiger partial charge on any atom is -0.492 e. The third-order valence-electron chi connectivity index (χ3n) is 2.62. The molecule has 0 saturated carbocycles. The molecule has 0 aliphatic carbocycles. The van der Waals surface area contributed by atoms with Crippen molar-refractivity contribution in [3.8, 4) is 23.0 Å². The molecule has 2 N–H and O–H groups in total. The van der Waals surface area contributed by atoms with Crippen LogP contribution in [0.2, 0.25) is 5.02 Å². The van der Waals surface area contributed by atoms with E-state index in [9.17, 15) is 9.90 Å². The SMILES string of the molecule is O=c1[nH]c(O)c(-c2cc(Cl)cc3c2OCC3)o1. The molecule has 0 spiro atoms. The van der Waals surface area contributed by atoms with Crippen molar-refractivity contribution in [2.24, 2.45) is 0 Å². The second-order valence-electron chi connectivity index (χ2n) is 3.73. The van der Waals surface area contributed by atoms with E-state index in [1.54, 1.807) is 12.1 Å². The fraction of sp³-hybridized carbons (Fsp3) is 0.182. The fourth-order valence-electron chi connectivity index (χ4n) is 1.94. The molecule has 2 aromatic rings. The lowest BCUT2D eigenvalue weighted by molar-refractivity contribution is 0.356. The predicted octanol–water partition coefficient (Wildman–Crippen LogP) is 1.93. The molecule has 1 aliphatic rings. The van der Waals surface area contributed by atoms with E-state index >= 15 is 0 Å². The summed E-state index contributed by atoms with van der Waals surface area (Å²) in [5.41, 5.74) is 1.43. The third kappa shape index (κ3) is 1.59. The Kier molecular flexibility index (Phi) is 2.16. The van der Waals surface area contributed by atoms with Gasteiger partial charge in [0.15, 0.2) is 0 Å². The van der Waals surface area contributed by atoms with Crippen molar-refractivity contribution >= 4 is 11.6 Å². The lowest BCUT2D eigenvalue weighted by atomic mass is 10.1. The maximum absolute atomic E-state index is 11.0. The topological polar surface area (TPSA) is 75.5 Å². The summed E-state index contributed by atoms with van der Waals surface area (Å²) in [5.74, 6) is -0.387. The molecular formula is C11H8ClNO4. The zero-order valence-corrected chi connectivity index (χ0v) is 9.37. The van der Waals surface area contributed by atoms with Crippen LogP contribution >= 0.6 is 11.6 Å². The van der Waals surface area contributed by atoms with Crippen LogP contribution in [0.15, 0.2) is 21.3 Å². The van der Waals surface area contributed by atoms with Crippen LogP contribution in [-0.4, -0.2) is 16.7 Å². The zero-order valence-electron chi connectivity index (χ0n) is 8.62. The van der Waals surface area contributed by atoms with Gasteiger partial charge in [0.2, 0.25) is 11.6 Å². The Morgan fingerprint density at radius 3 is 2.94 bits per heavy atom. The summed E-state index contributed by atoms with van der Waals surface area (Å²) in [7, 11) is 0. The van der Waals surface area contributed by atoms with E-state index in [1.165, 1.54) is 0 Å². The molecule has 0 fully saturated rings. The standard InChI is InChI=1S/C11H8ClNO4/c12-6-3-5-1-2-16-8(5)7(4-6)9-10(14)13-11(15)17-9/h3-4,14H,1-2H2,(H,13,15). The second-order valence-corrected chi connectivity index (χ2v) is 4.17. The molecule has 17 heavy (non-hydrogen) atoms. The van der Waals surface area contributed by atoms with Gasteiger partial charge in [-0.2, -0.15) is 0 Å². The van der Waals surface area contributed by atoms with Gasteiger partial charge in [-0.3, -0.25) is 4.98 Å². The second kappa shape index (κ2) is 3.56. The highest BCUT2D eigenvalue weighted by atomic mass is 35.5. The van der Waals surface area contributed by atoms with Crippen molar-refractivity contribution in [2.75, 3.05) is 6.61 Å². The third-order valence-corrected chi connectivity index (χ3v) is 2.84. The minimum atomic E-state index is -0.718. The molecule has 5 nitrogen and oxygen atoms in total. The number of H-pyrrole nitrogens is 1. The van der Waals surface area contributed by atoms with E-state index in [0.717, 1.165) is 12.0 Å². The van der Waals surface area contributed by atoms with Gasteiger partial charge < -0.3 is 14.3 Å². The van der Waals surface area contributed by atoms with Crippen LogP contribution in [0.5, 0.6) is 11.6 Å². The molecule has 88 valence electrons. The summed E-state index contributed by atoms with van der Waals surface area (Å²) >= 11 is 5.97. The van der Waals surface area contributed by atoms with E-state index in [1.807, 2.05) is 0 Å². The number of aromatic hydroxyl groups is 1. The fourth-order valence-corrected chi connectivity index (χ4v) is 2.18. The lowest BCUT2D eigenvalue weighted by Gasteiger charge is -2.06. The number of oxazole rings is 1. The average Bonchev–Trinajstić information content (AvgIpc) is 2.83. The number of nitrogens with one attached hydrogen (secondary N) is 1. The van der Waals surface area contributed by atoms with Crippen molar-refractivity contribution in [3.05, 3.63) is 33.3 Å². The number of halogens is 1. The Labute approximate surface area is 101 Å². The quantitative estimate of drug-likeness (QED) is 0.814. The number of fused-ring (bicyclic) bond motifs is 1. The first-order valence-corrected chi connectivity index (χ1v) is 5.40. The highest BCUT2D eigenvalue weighted by Gasteiger charge is 2.23. The van der Waals surface area contributed by atoms with E-state index < -0.39 is 5.76 Å². The first-order chi connectivity index (χ1) is 8.15. The van der Waals surface area contributed by atoms with Crippen LogP contribution in [0.25, 0.3) is 11.3 Å². The molecule has 1 aromatic carbocycles. The van der Waals surface area contributed by atoms with Gasteiger partial charge in [0.1, 0.15) is 5.75 Å². The Balaban J connectivity index is 2.28. The van der Waals surface area contributed by atoms with Crippen molar-refractivity contribution in [2.45, 2.75) is 6.42 Å². The average molecular weight is 254 g/mol. The summed E-state index contributed by atoms with van der Waals surface area (Å²) < 4.78 is 10.3. The molecule has 0 radical (unpaired) electrons. The summed E-state index contributed by atoms with van der Waals surface area (Å²) in [6.45, 7) is 0.554. The highest BCUT2D eigenvalue weighted by molar-refractivity contribution is 6.31. The monoisotopic (exact) mass is 253 g/mol. The minimum absolute atomic E-state index is 0.0515. The lowest BCUT2D eigenvalue weighted by Crippen LogP contribution is -1.93. The van der Waals surface area contributed by atoms with E-state index in [4.69, 9.17) is 20.8 Å². The molecule has 3 rings (SSSR count). The van der Waals surface area contributed by atoms with Crippen LogP contribution in [0.3, 0.4) is 0 Å². The highest BCUT2D eigenvalue weighted by Crippen LogP contribution is 2.41. The van der Waals surface area contributed by atoms with Crippen molar-refractivity contribution in [3.63, 3.8) is 0 Å². The van der Waals surface area contributed by atoms with E-state index in [2.05, 4.69) is 4.98 Å². The van der Waals surface area contributed by atoms with Crippen LogP contribution < -0.4 is 10.5 Å². The van der Waals surface area contributed by atoms with Gasteiger partial charge in [0.25, 0.3) is 0 Å². The smallest absolute Gasteiger partial charge is 0.419 e. The molecule has 2 heterocycles. The molecular weight excluding hydrogens is 246 g/mol. The van der Waals surface area contributed by atoms with Crippen molar-refractivity contribution in [1.82, 2.24) is 4.98 Å². The Morgan fingerprint density at radius 2 is 2.24 bits per heavy atom. The van der Waals surface area contributed by atoms with Crippen LogP contribution in [0.4, 0.5) is 0 Å². The first-order valence-electron chi connectivity index (χ1n) is 5.03. The van der Waals surface area contributed by atoms with Gasteiger partial charge in [0.05, 0.1) is 12.2 Å². The summed E-state index contributed by atoms with van der Waals surface area (Å²) in [4.78, 5) is 13.2. The molecule has 0 unspecified atom stereocenters. The maximum atomic E-state index is 11.0. The van der Waals surface area contributed by atoms with Crippen LogP contribution in [0.1, 0.15) is 5.56 Å². The van der Waals surface area contributed by atoms with Crippen molar-refractivity contribution < 1.29 is 14.3 Å². The molecule has 1 aromatic heterocycles. The summed E-state index contributed by atoms with van der Waals surface area (Å²) in [5, 5.41) is 10.1. The number of benzene rings is 1. The molecule has 6 heteroatoms. The van der Waals surface area contributed by atoms with Gasteiger partial charge in [0, 0.05) is 11.4 Å². The largest absolute Gasteiger partial charge is 0.492 e. The van der Waals surface area contributed by atoms with Gasteiger partial charge in [-0.25, -0.2) is 4.79 Å². The van der Waals surface area contributed by atoms with E-state index in [0.29, 0.717) is 22.9 Å². The zero-order chi connectivity index (χ0) is 12.0. The van der Waals surface area contributed by atoms with Crippen LogP contribution in [0, 0.1) is 0 Å². The number of hydrogen-bond acceptors (Lipinski definition) is 4. The normalized spacial score (nSPS) is 13.5. The summed E-state index contributed by atoms with van der Waals surface area (Å²) in [6.07, 6.45) is 0.748. The van der Waals surface area contributed by atoms with Crippen LogP contribution in [-0.2, 0) is 6.42 Å². The molecule has 0 saturated heterocycles. The molecule has 1 aliphatic heterocycles. The molecule has 0 amide bonds. The number of aromatic amines is 1. The number of hydrogen-bond donors (Lipinski definition) is 2.